The number of nitrogens with zero attached hydrogens (tertiary/aromatic N) is 3. The van der Waals surface area contributed by atoms with Gasteiger partial charge in [0.05, 0.1) is 10.6 Å². The van der Waals surface area contributed by atoms with E-state index in [4.69, 9.17) is 0 Å². The summed E-state index contributed by atoms with van der Waals surface area (Å²) in [5.41, 5.74) is 0.912. The van der Waals surface area contributed by atoms with Crippen LogP contribution in [-0.2, 0) is 30.6 Å². The van der Waals surface area contributed by atoms with Crippen molar-refractivity contribution in [1.29, 1.82) is 0 Å². The van der Waals surface area contributed by atoms with Crippen LogP contribution in [0, 0.1) is 11.7 Å². The minimum absolute atomic E-state index is 0.0207. The van der Waals surface area contributed by atoms with Crippen molar-refractivity contribution in [3.05, 3.63) is 78.4 Å². The van der Waals surface area contributed by atoms with Gasteiger partial charge >= 0.3 is 0 Å². The van der Waals surface area contributed by atoms with Crippen molar-refractivity contribution in [3.63, 3.8) is 0 Å². The van der Waals surface area contributed by atoms with Gasteiger partial charge in [-0.2, -0.15) is 0 Å². The molecule has 0 atom stereocenters. The normalized spacial score (nSPS) is 15.4. The predicted octanol–water partition coefficient (Wildman–Crippen LogP) is 2.60. The van der Waals surface area contributed by atoms with E-state index >= 15 is 0 Å². The van der Waals surface area contributed by atoms with Crippen molar-refractivity contribution in [2.45, 2.75) is 23.5 Å². The quantitative estimate of drug-likeness (QED) is 0.454. The molecule has 2 N–H and O–H groups in total. The standard InChI is InChI=1S/C23H24FN5O5S2/c24-19-4-2-17(3-5-19)16-35(31,32)29-14-10-18(11-15-29)22(30)27-20-6-8-21(9-7-20)36(33,34)28-23-25-12-1-13-26-23/h1-9,12-13,18H,10-11,14-16H2,(H,27,30)(H,25,26,28). The SMILES string of the molecule is O=C(Nc1ccc(S(=O)(=O)Nc2ncccn2)cc1)C1CCN(S(=O)(=O)Cc2ccc(F)cc2)CC1. The minimum Gasteiger partial charge on any atom is -0.326 e. The number of hydrogen-bond donors (Lipinski definition) is 2. The van der Waals surface area contributed by atoms with E-state index in [9.17, 15) is 26.0 Å². The van der Waals surface area contributed by atoms with E-state index in [0.29, 0.717) is 24.1 Å². The first-order chi connectivity index (χ1) is 17.1. The Balaban J connectivity index is 1.31. The lowest BCUT2D eigenvalue weighted by Gasteiger charge is -2.30. The van der Waals surface area contributed by atoms with Crippen LogP contribution in [0.3, 0.4) is 0 Å². The molecule has 0 unspecified atom stereocenters. The third kappa shape index (κ3) is 6.42. The molecule has 0 radical (unpaired) electrons. The second kappa shape index (κ2) is 10.7. The van der Waals surface area contributed by atoms with Gasteiger partial charge in [0, 0.05) is 37.1 Å². The summed E-state index contributed by atoms with van der Waals surface area (Å²) in [7, 11) is -7.48. The number of carbonyl (C=O) groups is 1. The highest BCUT2D eigenvalue weighted by atomic mass is 32.2. The van der Waals surface area contributed by atoms with Crippen LogP contribution in [0.25, 0.3) is 0 Å². The number of benzene rings is 2. The molecule has 2 heterocycles. The highest BCUT2D eigenvalue weighted by molar-refractivity contribution is 7.92. The monoisotopic (exact) mass is 533 g/mol. The van der Waals surface area contributed by atoms with Crippen LogP contribution in [0.1, 0.15) is 18.4 Å². The van der Waals surface area contributed by atoms with E-state index in [1.54, 1.807) is 6.07 Å². The number of piperidine rings is 1. The van der Waals surface area contributed by atoms with Crippen LogP contribution >= 0.6 is 0 Å². The van der Waals surface area contributed by atoms with Crippen molar-refractivity contribution in [3.8, 4) is 0 Å². The number of sulfonamides is 2. The number of halogens is 1. The summed E-state index contributed by atoms with van der Waals surface area (Å²) in [4.78, 5) is 20.3. The van der Waals surface area contributed by atoms with Crippen molar-refractivity contribution in [2.75, 3.05) is 23.1 Å². The number of amides is 1. The summed E-state index contributed by atoms with van der Waals surface area (Å²) in [5.74, 6) is -1.37. The number of anilines is 2. The summed E-state index contributed by atoms with van der Waals surface area (Å²) in [6.45, 7) is 0.401. The molecule has 1 aliphatic heterocycles. The molecule has 0 spiro atoms. The highest BCUT2D eigenvalue weighted by Gasteiger charge is 2.31. The second-order valence-corrected chi connectivity index (χ2v) is 11.9. The van der Waals surface area contributed by atoms with Gasteiger partial charge in [-0.25, -0.2) is 40.2 Å². The van der Waals surface area contributed by atoms with Gasteiger partial charge in [0.25, 0.3) is 10.0 Å². The molecular weight excluding hydrogens is 509 g/mol. The molecule has 10 nitrogen and oxygen atoms in total. The summed E-state index contributed by atoms with van der Waals surface area (Å²) >= 11 is 0. The van der Waals surface area contributed by atoms with Crippen LogP contribution < -0.4 is 10.0 Å². The topological polar surface area (TPSA) is 138 Å². The van der Waals surface area contributed by atoms with Crippen molar-refractivity contribution >= 4 is 37.6 Å². The van der Waals surface area contributed by atoms with Gasteiger partial charge in [-0.15, -0.1) is 0 Å². The average Bonchev–Trinajstić information content (AvgIpc) is 2.86. The molecule has 36 heavy (non-hydrogen) atoms. The van der Waals surface area contributed by atoms with Gasteiger partial charge in [0.15, 0.2) is 0 Å². The van der Waals surface area contributed by atoms with E-state index < -0.39 is 25.9 Å². The van der Waals surface area contributed by atoms with Gasteiger partial charge in [-0.3, -0.25) is 4.79 Å². The number of rotatable bonds is 8. The summed E-state index contributed by atoms with van der Waals surface area (Å²) in [5, 5.41) is 2.76. The Labute approximate surface area is 208 Å². The highest BCUT2D eigenvalue weighted by Crippen LogP contribution is 2.24. The molecule has 2 aromatic carbocycles. The van der Waals surface area contributed by atoms with E-state index in [2.05, 4.69) is 20.0 Å². The van der Waals surface area contributed by atoms with Crippen LogP contribution in [0.2, 0.25) is 0 Å². The van der Waals surface area contributed by atoms with Crippen LogP contribution in [0.15, 0.2) is 71.9 Å². The fourth-order valence-electron chi connectivity index (χ4n) is 3.77. The largest absolute Gasteiger partial charge is 0.326 e. The number of aromatic nitrogens is 2. The molecular formula is C23H24FN5O5S2. The lowest BCUT2D eigenvalue weighted by molar-refractivity contribution is -0.120. The number of carbonyl (C=O) groups excluding carboxylic acids is 1. The van der Waals surface area contributed by atoms with E-state index in [1.807, 2.05) is 0 Å². The number of nitrogens with one attached hydrogen (secondary N) is 2. The maximum atomic E-state index is 13.1. The minimum atomic E-state index is -3.89. The van der Waals surface area contributed by atoms with Gasteiger partial charge in [0.1, 0.15) is 5.82 Å². The molecule has 13 heteroatoms. The molecule has 3 aromatic rings. The Morgan fingerprint density at radius 3 is 2.17 bits per heavy atom. The van der Waals surface area contributed by atoms with E-state index in [0.717, 1.165) is 0 Å². The molecule has 1 fully saturated rings. The van der Waals surface area contributed by atoms with Crippen LogP contribution in [0.4, 0.5) is 16.0 Å². The third-order valence-electron chi connectivity index (χ3n) is 5.70. The zero-order valence-electron chi connectivity index (χ0n) is 19.0. The fraction of sp³-hybridized carbons (Fsp3) is 0.261. The summed E-state index contributed by atoms with van der Waals surface area (Å²) in [6, 6.07) is 12.5. The molecule has 190 valence electrons. The smallest absolute Gasteiger partial charge is 0.264 e. The van der Waals surface area contributed by atoms with Gasteiger partial charge in [0.2, 0.25) is 21.9 Å². The van der Waals surface area contributed by atoms with Crippen molar-refractivity contribution in [1.82, 2.24) is 14.3 Å². The Morgan fingerprint density at radius 2 is 1.56 bits per heavy atom. The zero-order chi connectivity index (χ0) is 25.8. The third-order valence-corrected chi connectivity index (χ3v) is 8.90. The molecule has 1 saturated heterocycles. The first-order valence-electron chi connectivity index (χ1n) is 11.1. The van der Waals surface area contributed by atoms with Crippen LogP contribution in [-0.4, -0.2) is 50.1 Å². The van der Waals surface area contributed by atoms with Crippen molar-refractivity contribution < 1.29 is 26.0 Å². The van der Waals surface area contributed by atoms with Crippen molar-refractivity contribution in [2.24, 2.45) is 5.92 Å². The molecule has 1 aromatic heterocycles. The molecule has 0 saturated carbocycles. The Kier molecular flexibility index (Phi) is 7.62. The van der Waals surface area contributed by atoms with E-state index in [-0.39, 0.29) is 41.5 Å². The van der Waals surface area contributed by atoms with Crippen LogP contribution in [0.5, 0.6) is 0 Å². The first kappa shape index (κ1) is 25.7. The maximum Gasteiger partial charge on any atom is 0.264 e. The Bertz CT molecular complexity index is 1410. The summed E-state index contributed by atoms with van der Waals surface area (Å²) < 4.78 is 67.1. The molecule has 4 rings (SSSR count). The number of hydrogen-bond acceptors (Lipinski definition) is 7. The molecule has 0 bridgehead atoms. The molecule has 1 amide bonds. The average molecular weight is 534 g/mol. The molecule has 1 aliphatic rings. The predicted molar refractivity (Wildman–Crippen MR) is 131 cm³/mol. The zero-order valence-corrected chi connectivity index (χ0v) is 20.7. The van der Waals surface area contributed by atoms with E-state index in [1.165, 1.54) is 65.2 Å². The Morgan fingerprint density at radius 1 is 0.944 bits per heavy atom. The first-order valence-corrected chi connectivity index (χ1v) is 14.1. The maximum absolute atomic E-state index is 13.1. The van der Waals surface area contributed by atoms with Gasteiger partial charge in [-0.1, -0.05) is 12.1 Å². The van der Waals surface area contributed by atoms with Gasteiger partial charge < -0.3 is 5.32 Å². The Hall–Kier alpha value is -3.42. The summed E-state index contributed by atoms with van der Waals surface area (Å²) in [6.07, 6.45) is 3.52. The molecule has 0 aliphatic carbocycles. The second-order valence-electron chi connectivity index (χ2n) is 8.25. The fourth-order valence-corrected chi connectivity index (χ4v) is 6.29. The van der Waals surface area contributed by atoms with Gasteiger partial charge in [-0.05, 0) is 60.9 Å². The lowest BCUT2D eigenvalue weighted by atomic mass is 9.97. The lowest BCUT2D eigenvalue weighted by Crippen LogP contribution is -2.41.